The van der Waals surface area contributed by atoms with Crippen LogP contribution in [0.5, 0.6) is 5.75 Å². The Labute approximate surface area is 211 Å². The summed E-state index contributed by atoms with van der Waals surface area (Å²) in [6, 6.07) is 25.4. The minimum atomic E-state index is -0.950. The highest BCUT2D eigenvalue weighted by molar-refractivity contribution is 5.95. The van der Waals surface area contributed by atoms with E-state index in [1.54, 1.807) is 24.1 Å². The van der Waals surface area contributed by atoms with Crippen LogP contribution in [-0.4, -0.2) is 36.1 Å². The maximum Gasteiger partial charge on any atom is 0.338 e. The van der Waals surface area contributed by atoms with Crippen molar-refractivity contribution in [2.45, 2.75) is 56.6 Å². The van der Waals surface area contributed by atoms with Gasteiger partial charge in [0.25, 0.3) is 5.91 Å². The van der Waals surface area contributed by atoms with Crippen LogP contribution < -0.4 is 4.74 Å². The SMILES string of the molecule is COc1ccc([C@@H]2O[C@@H](C(=O)OC3CCCCC3)[C@H](c3ccccc3)N2C(=O)c2ccccc2)cc1. The molecule has 1 saturated carbocycles. The van der Waals surface area contributed by atoms with Crippen molar-refractivity contribution in [2.75, 3.05) is 7.11 Å². The van der Waals surface area contributed by atoms with Crippen molar-refractivity contribution in [1.82, 2.24) is 4.90 Å². The van der Waals surface area contributed by atoms with Crippen LogP contribution in [0.1, 0.15) is 65.9 Å². The molecule has 0 radical (unpaired) electrons. The molecule has 0 bridgehead atoms. The van der Waals surface area contributed by atoms with Gasteiger partial charge in [0.2, 0.25) is 0 Å². The molecule has 0 unspecified atom stereocenters. The fourth-order valence-electron chi connectivity index (χ4n) is 5.13. The van der Waals surface area contributed by atoms with E-state index in [0.717, 1.165) is 36.8 Å². The molecule has 0 aromatic heterocycles. The molecule has 3 atom stereocenters. The van der Waals surface area contributed by atoms with E-state index >= 15 is 0 Å². The number of amides is 1. The normalized spacial score (nSPS) is 22.2. The fraction of sp³-hybridized carbons (Fsp3) is 0.333. The van der Waals surface area contributed by atoms with E-state index in [1.807, 2.05) is 72.8 Å². The van der Waals surface area contributed by atoms with Gasteiger partial charge in [-0.2, -0.15) is 0 Å². The number of esters is 1. The molecule has 2 aliphatic rings. The Morgan fingerprint density at radius 1 is 0.806 bits per heavy atom. The summed E-state index contributed by atoms with van der Waals surface area (Å²) in [5.41, 5.74) is 2.11. The number of nitrogens with zero attached hydrogens (tertiary/aromatic N) is 1. The summed E-state index contributed by atoms with van der Waals surface area (Å²) < 4.78 is 17.7. The van der Waals surface area contributed by atoms with Gasteiger partial charge in [-0.1, -0.05) is 67.1 Å². The van der Waals surface area contributed by atoms with Crippen LogP contribution in [0.2, 0.25) is 0 Å². The average molecular weight is 486 g/mol. The molecule has 36 heavy (non-hydrogen) atoms. The molecule has 1 heterocycles. The Kier molecular flexibility index (Phi) is 7.33. The monoisotopic (exact) mass is 485 g/mol. The second-order valence-electron chi connectivity index (χ2n) is 9.31. The lowest BCUT2D eigenvalue weighted by atomic mass is 9.97. The number of ether oxygens (including phenoxy) is 3. The highest BCUT2D eigenvalue weighted by atomic mass is 16.6. The maximum atomic E-state index is 14.0. The van der Waals surface area contributed by atoms with Crippen LogP contribution in [0.4, 0.5) is 0 Å². The molecule has 1 saturated heterocycles. The van der Waals surface area contributed by atoms with Gasteiger partial charge in [-0.25, -0.2) is 4.79 Å². The van der Waals surface area contributed by atoms with Crippen molar-refractivity contribution in [3.63, 3.8) is 0 Å². The molecule has 0 N–H and O–H groups in total. The number of methoxy groups -OCH3 is 1. The van der Waals surface area contributed by atoms with Gasteiger partial charge in [0, 0.05) is 11.1 Å². The number of rotatable bonds is 6. The van der Waals surface area contributed by atoms with E-state index in [9.17, 15) is 9.59 Å². The number of carbonyl (C=O) groups is 2. The summed E-state index contributed by atoms with van der Waals surface area (Å²) in [6.45, 7) is 0. The Hall–Kier alpha value is -3.64. The molecule has 2 fully saturated rings. The van der Waals surface area contributed by atoms with Gasteiger partial charge in [0.1, 0.15) is 11.9 Å². The quantitative estimate of drug-likeness (QED) is 0.410. The van der Waals surface area contributed by atoms with Crippen LogP contribution in [0.3, 0.4) is 0 Å². The third-order valence-electron chi connectivity index (χ3n) is 6.98. The molecule has 1 amide bonds. The predicted molar refractivity (Wildman–Crippen MR) is 135 cm³/mol. The van der Waals surface area contributed by atoms with Gasteiger partial charge >= 0.3 is 5.97 Å². The van der Waals surface area contributed by atoms with E-state index in [0.29, 0.717) is 11.3 Å². The first kappa shape index (κ1) is 24.1. The summed E-state index contributed by atoms with van der Waals surface area (Å²) >= 11 is 0. The van der Waals surface area contributed by atoms with Crippen LogP contribution >= 0.6 is 0 Å². The average Bonchev–Trinajstić information content (AvgIpc) is 3.35. The first-order valence-electron chi connectivity index (χ1n) is 12.6. The number of hydrogen-bond donors (Lipinski definition) is 0. The molecule has 186 valence electrons. The number of hydrogen-bond acceptors (Lipinski definition) is 5. The lowest BCUT2D eigenvalue weighted by Gasteiger charge is -2.30. The van der Waals surface area contributed by atoms with Crippen LogP contribution in [-0.2, 0) is 14.3 Å². The largest absolute Gasteiger partial charge is 0.497 e. The first-order valence-corrected chi connectivity index (χ1v) is 12.6. The van der Waals surface area contributed by atoms with E-state index in [-0.39, 0.29) is 12.0 Å². The molecular formula is C30H31NO5. The third-order valence-corrected chi connectivity index (χ3v) is 6.98. The third kappa shape index (κ3) is 5.00. The maximum absolute atomic E-state index is 14.0. The summed E-state index contributed by atoms with van der Waals surface area (Å²) in [6.07, 6.45) is 3.18. The second kappa shape index (κ2) is 11.0. The van der Waals surface area contributed by atoms with Crippen molar-refractivity contribution in [3.05, 3.63) is 102 Å². The minimum absolute atomic E-state index is 0.107. The highest BCUT2D eigenvalue weighted by Crippen LogP contribution is 2.45. The van der Waals surface area contributed by atoms with E-state index in [1.165, 1.54) is 6.42 Å². The Bertz CT molecular complexity index is 1160. The number of benzene rings is 3. The van der Waals surface area contributed by atoms with E-state index in [4.69, 9.17) is 14.2 Å². The molecule has 6 heteroatoms. The van der Waals surface area contributed by atoms with Crippen molar-refractivity contribution in [1.29, 1.82) is 0 Å². The summed E-state index contributed by atoms with van der Waals surface area (Å²) in [5.74, 6) is 0.0708. The smallest absolute Gasteiger partial charge is 0.338 e. The van der Waals surface area contributed by atoms with Crippen LogP contribution in [0.15, 0.2) is 84.9 Å². The molecule has 3 aromatic carbocycles. The van der Waals surface area contributed by atoms with Gasteiger partial charge in [0.15, 0.2) is 12.3 Å². The summed E-state index contributed by atoms with van der Waals surface area (Å²) in [4.78, 5) is 29.2. The van der Waals surface area contributed by atoms with Crippen molar-refractivity contribution < 1.29 is 23.8 Å². The van der Waals surface area contributed by atoms with Crippen molar-refractivity contribution in [2.24, 2.45) is 0 Å². The van der Waals surface area contributed by atoms with Gasteiger partial charge in [-0.15, -0.1) is 0 Å². The fourth-order valence-corrected chi connectivity index (χ4v) is 5.13. The number of carbonyl (C=O) groups excluding carboxylic acids is 2. The van der Waals surface area contributed by atoms with E-state index < -0.39 is 24.3 Å². The summed E-state index contributed by atoms with van der Waals surface area (Å²) in [5, 5.41) is 0. The van der Waals surface area contributed by atoms with Gasteiger partial charge in [-0.05, 0) is 55.5 Å². The van der Waals surface area contributed by atoms with Crippen molar-refractivity contribution in [3.8, 4) is 5.75 Å². The Balaban J connectivity index is 1.56. The first-order chi connectivity index (χ1) is 17.7. The molecule has 6 nitrogen and oxygen atoms in total. The molecule has 0 spiro atoms. The Morgan fingerprint density at radius 2 is 1.44 bits per heavy atom. The Morgan fingerprint density at radius 3 is 2.08 bits per heavy atom. The van der Waals surface area contributed by atoms with Gasteiger partial charge in [-0.3, -0.25) is 9.69 Å². The minimum Gasteiger partial charge on any atom is -0.497 e. The zero-order valence-electron chi connectivity index (χ0n) is 20.4. The van der Waals surface area contributed by atoms with Crippen molar-refractivity contribution >= 4 is 11.9 Å². The molecule has 1 aliphatic carbocycles. The standard InChI is InChI=1S/C30H31NO5/c1-34-24-19-17-23(18-20-24)29-31(28(32)22-13-7-3-8-14-22)26(21-11-5-2-6-12-21)27(36-29)30(33)35-25-15-9-4-10-16-25/h2-3,5-8,11-14,17-20,25-27,29H,4,9-10,15-16H2,1H3/t26-,27+,29-/m0/s1. The summed E-state index contributed by atoms with van der Waals surface area (Å²) in [7, 11) is 1.61. The molecule has 3 aromatic rings. The highest BCUT2D eigenvalue weighted by Gasteiger charge is 2.50. The predicted octanol–water partition coefficient (Wildman–Crippen LogP) is 5.85. The zero-order chi connectivity index (χ0) is 24.9. The molecule has 5 rings (SSSR count). The molecule has 1 aliphatic heterocycles. The molecular weight excluding hydrogens is 454 g/mol. The topological polar surface area (TPSA) is 65.1 Å². The lowest BCUT2D eigenvalue weighted by Crippen LogP contribution is -2.38. The lowest BCUT2D eigenvalue weighted by molar-refractivity contribution is -0.164. The van der Waals surface area contributed by atoms with Gasteiger partial charge < -0.3 is 14.2 Å². The second-order valence-corrected chi connectivity index (χ2v) is 9.31. The van der Waals surface area contributed by atoms with Crippen LogP contribution in [0.25, 0.3) is 0 Å². The van der Waals surface area contributed by atoms with Gasteiger partial charge in [0.05, 0.1) is 13.2 Å². The zero-order valence-corrected chi connectivity index (χ0v) is 20.4. The van der Waals surface area contributed by atoms with Crippen LogP contribution in [0, 0.1) is 0 Å². The van der Waals surface area contributed by atoms with E-state index in [2.05, 4.69) is 0 Å².